The summed E-state index contributed by atoms with van der Waals surface area (Å²) in [5.41, 5.74) is 10.2. The van der Waals surface area contributed by atoms with Crippen molar-refractivity contribution in [3.63, 3.8) is 0 Å². The quantitative estimate of drug-likeness (QED) is 0.126. The van der Waals surface area contributed by atoms with Gasteiger partial charge in [-0.15, -0.1) is 0 Å². The Bertz CT molecular complexity index is 3860. The van der Waals surface area contributed by atoms with Crippen LogP contribution in [-0.2, 0) is 0 Å². The first-order chi connectivity index (χ1) is 34.4. The minimum absolute atomic E-state index is 0.0298. The Kier molecular flexibility index (Phi) is 10.9. The summed E-state index contributed by atoms with van der Waals surface area (Å²) in [6, 6.07) is 65.7. The second-order valence-corrected chi connectivity index (χ2v) is 18.6. The van der Waals surface area contributed by atoms with Gasteiger partial charge in [0.05, 0.1) is 10.7 Å². The molecule has 4 aromatic heterocycles. The van der Waals surface area contributed by atoms with Crippen molar-refractivity contribution in [3.8, 4) is 23.4 Å². The summed E-state index contributed by atoms with van der Waals surface area (Å²) in [6.07, 6.45) is 1.76. The number of oxazole rings is 2. The zero-order valence-electron chi connectivity index (χ0n) is 37.7. The lowest BCUT2D eigenvalue weighted by Gasteiger charge is -2.24. The largest absolute Gasteiger partial charge is 0.435 e. The molecule has 0 unspecified atom stereocenters. The molecule has 0 bridgehead atoms. The molecule has 332 valence electrons. The summed E-state index contributed by atoms with van der Waals surface area (Å²) >= 11 is 13.1. The zero-order valence-corrected chi connectivity index (χ0v) is 39.2. The number of rotatable bonds is 10. The average Bonchev–Trinajstić information content (AvgIpc) is 3.71. The highest BCUT2D eigenvalue weighted by molar-refractivity contribution is 6.85. The van der Waals surface area contributed by atoms with Crippen LogP contribution in [0.15, 0.2) is 191 Å². The van der Waals surface area contributed by atoms with E-state index in [1.54, 1.807) is 36.4 Å². The highest BCUT2D eigenvalue weighted by Crippen LogP contribution is 2.45. The van der Waals surface area contributed by atoms with Crippen molar-refractivity contribution in [1.82, 2.24) is 18.9 Å². The van der Waals surface area contributed by atoms with E-state index in [4.69, 9.17) is 42.0 Å². The monoisotopic (exact) mass is 942 g/mol. The highest BCUT2D eigenvalue weighted by atomic mass is 35.5. The number of fused-ring (bicyclic) bond motifs is 3. The van der Waals surface area contributed by atoms with Crippen molar-refractivity contribution < 1.29 is 8.83 Å². The van der Waals surface area contributed by atoms with Gasteiger partial charge < -0.3 is 17.8 Å². The fourth-order valence-electron chi connectivity index (χ4n) is 10.2. The number of hydrogen-bond acceptors (Lipinski definition) is 6. The number of aromatic nitrogens is 4. The molecule has 0 spiro atoms. The molecule has 0 amide bonds. The Labute approximate surface area is 413 Å². The number of benzene rings is 7. The van der Waals surface area contributed by atoms with Crippen LogP contribution in [0.25, 0.3) is 55.4 Å². The molecule has 1 saturated carbocycles. The van der Waals surface area contributed by atoms with Crippen LogP contribution in [0.5, 0.6) is 0 Å². The van der Waals surface area contributed by atoms with Crippen LogP contribution in [0.1, 0.15) is 41.8 Å². The van der Waals surface area contributed by atoms with Crippen molar-refractivity contribution in [2.45, 2.75) is 25.7 Å². The van der Waals surface area contributed by atoms with E-state index in [1.807, 2.05) is 84.9 Å². The van der Waals surface area contributed by atoms with Crippen molar-refractivity contribution in [3.05, 3.63) is 226 Å². The highest BCUT2D eigenvalue weighted by Gasteiger charge is 2.41. The zero-order chi connectivity index (χ0) is 47.5. The van der Waals surface area contributed by atoms with E-state index in [1.165, 1.54) is 0 Å². The fraction of sp³-hybridized carbons (Fsp3) is 0.0690. The minimum Gasteiger partial charge on any atom is -0.435 e. The molecule has 7 aromatic carbocycles. The van der Waals surface area contributed by atoms with Crippen molar-refractivity contribution in [2.75, 3.05) is 0 Å². The molecule has 1 fully saturated rings. The molecule has 0 atom stereocenters. The van der Waals surface area contributed by atoms with Crippen LogP contribution in [-0.4, -0.2) is 32.6 Å². The molecule has 11 aromatic rings. The Balaban J connectivity index is 1.42. The Morgan fingerprint density at radius 2 is 0.957 bits per heavy atom. The van der Waals surface area contributed by atoms with Crippen molar-refractivity contribution >= 4 is 103 Å². The third kappa shape index (κ3) is 7.32. The normalized spacial score (nSPS) is 13.3. The summed E-state index contributed by atoms with van der Waals surface area (Å²) in [6.45, 7) is 1.14. The molecule has 1 aliphatic carbocycles. The van der Waals surface area contributed by atoms with E-state index in [9.17, 15) is 10.5 Å². The summed E-state index contributed by atoms with van der Waals surface area (Å²) in [7, 11) is 0. The molecule has 4 heterocycles. The first-order valence-electron chi connectivity index (χ1n) is 23.2. The summed E-state index contributed by atoms with van der Waals surface area (Å²) in [5, 5.41) is 27.7. The lowest BCUT2D eigenvalue weighted by molar-refractivity contribution is 0.585. The van der Waals surface area contributed by atoms with Crippen LogP contribution in [0.4, 0.5) is 0 Å². The molecule has 8 nitrogen and oxygen atoms in total. The van der Waals surface area contributed by atoms with Gasteiger partial charge in [-0.3, -0.25) is 0 Å². The summed E-state index contributed by atoms with van der Waals surface area (Å²) in [4.78, 5) is 10.1. The van der Waals surface area contributed by atoms with E-state index in [2.05, 4.69) is 88.7 Å². The van der Waals surface area contributed by atoms with Crippen LogP contribution >= 0.6 is 23.2 Å². The van der Waals surface area contributed by atoms with E-state index >= 15 is 0 Å². The van der Waals surface area contributed by atoms with Crippen LogP contribution in [0.3, 0.4) is 0 Å². The molecule has 0 saturated heterocycles. The van der Waals surface area contributed by atoms with Gasteiger partial charge in [-0.2, -0.15) is 10.5 Å². The molecule has 0 aliphatic heterocycles. The predicted octanol–water partition coefficient (Wildman–Crippen LogP) is 9.64. The number of hydrogen-bond donors (Lipinski definition) is 0. The molecule has 12 rings (SSSR count). The second kappa shape index (κ2) is 17.7. The van der Waals surface area contributed by atoms with Gasteiger partial charge in [-0.05, 0) is 55.5 Å². The van der Waals surface area contributed by atoms with Gasteiger partial charge in [0.2, 0.25) is 11.8 Å². The standard InChI is InChI=1S/C58H38B2Cl2N6O2/c1-36-16-14-15-25-44(36)54-52-51(55(45(34-63)57-65-47-30-28-42(61)32-49(47)69-57)68(54)60(40-21-10-4-11-22-40)41-23-12-5-13-24-41)53(37-26-27-37)67(59(38-17-6-2-7-18-38)39-19-8-3-9-20-39)56(52)46(35-64)58-66-48-31-29-43(62)33-50(48)70-58/h2-25,28-33,37H,26-27H2,1H3/b55-45-,56-46-. The molecular weight excluding hydrogens is 905 g/mol. The van der Waals surface area contributed by atoms with Gasteiger partial charge in [0.15, 0.2) is 11.2 Å². The maximum Gasteiger partial charge on any atom is 0.328 e. The molecule has 1 aliphatic rings. The molecule has 12 heteroatoms. The Morgan fingerprint density at radius 3 is 1.39 bits per heavy atom. The van der Waals surface area contributed by atoms with Crippen molar-refractivity contribution in [2.24, 2.45) is 0 Å². The Hall–Kier alpha value is -8.27. The molecule has 0 radical (unpaired) electrons. The predicted molar refractivity (Wildman–Crippen MR) is 282 cm³/mol. The third-order valence-electron chi connectivity index (χ3n) is 13.4. The lowest BCUT2D eigenvalue weighted by atomic mass is 9.50. The topological polar surface area (TPSA) is 110 Å². The molecule has 70 heavy (non-hydrogen) atoms. The van der Waals surface area contributed by atoms with Gasteiger partial charge in [0.1, 0.15) is 34.3 Å². The summed E-state index contributed by atoms with van der Waals surface area (Å²) < 4.78 is 17.9. The SMILES string of the molecule is Cc1ccccc1-c1c2/c(=C(\C#N)c3nc4ccc(Cl)cc4o3)n(B(c3ccccc3)c3ccccc3)c(C3CC3)c2/c(=C(\C#N)c2nc3ccc(Cl)cc3o2)n1B(c1ccccc1)c1ccccc1. The number of nitrogens with zero attached hydrogens (tertiary/aromatic N) is 6. The van der Waals surface area contributed by atoms with E-state index in [-0.39, 0.29) is 28.8 Å². The third-order valence-corrected chi connectivity index (χ3v) is 13.8. The van der Waals surface area contributed by atoms with E-state index in [0.717, 1.165) is 68.0 Å². The summed E-state index contributed by atoms with van der Waals surface area (Å²) in [5.74, 6) is 0.327. The van der Waals surface area contributed by atoms with Gasteiger partial charge in [-0.25, -0.2) is 9.97 Å². The van der Waals surface area contributed by atoms with Crippen LogP contribution < -0.4 is 32.5 Å². The van der Waals surface area contributed by atoms with Crippen molar-refractivity contribution in [1.29, 1.82) is 10.5 Å². The Morgan fingerprint density at radius 1 is 0.543 bits per heavy atom. The van der Waals surface area contributed by atoms with Crippen LogP contribution in [0, 0.1) is 29.6 Å². The number of nitriles is 2. The number of halogens is 2. The average molecular weight is 944 g/mol. The minimum atomic E-state index is -0.508. The lowest BCUT2D eigenvalue weighted by Crippen LogP contribution is -2.54. The van der Waals surface area contributed by atoms with Gasteiger partial charge in [0, 0.05) is 49.9 Å². The first-order valence-corrected chi connectivity index (χ1v) is 23.9. The van der Waals surface area contributed by atoms with Gasteiger partial charge >= 0.3 is 13.7 Å². The second-order valence-electron chi connectivity index (χ2n) is 17.7. The maximum absolute atomic E-state index is 12.0. The maximum atomic E-state index is 12.0. The first kappa shape index (κ1) is 43.0. The fourth-order valence-corrected chi connectivity index (χ4v) is 10.6. The van der Waals surface area contributed by atoms with Crippen LogP contribution in [0.2, 0.25) is 10.0 Å². The molecule has 0 N–H and O–H groups in total. The van der Waals surface area contributed by atoms with E-state index < -0.39 is 13.7 Å². The smallest absolute Gasteiger partial charge is 0.328 e. The van der Waals surface area contributed by atoms with E-state index in [0.29, 0.717) is 42.9 Å². The molecular formula is C58H38B2Cl2N6O2. The van der Waals surface area contributed by atoms with Gasteiger partial charge in [-0.1, -0.05) is 191 Å². The van der Waals surface area contributed by atoms with Gasteiger partial charge in [0.25, 0.3) is 0 Å². The number of aryl methyl sites for hydroxylation is 1.